The van der Waals surface area contributed by atoms with Gasteiger partial charge in [-0.1, -0.05) is 0 Å². The number of primary amides is 1. The van der Waals surface area contributed by atoms with Gasteiger partial charge in [-0.2, -0.15) is 0 Å². The number of ether oxygens (including phenoxy) is 2. The van der Waals surface area contributed by atoms with Crippen molar-refractivity contribution in [3.05, 3.63) is 0 Å². The first-order valence-corrected chi connectivity index (χ1v) is 4.00. The number of carbonyl (C=O) groups is 1. The monoisotopic (exact) mass is 207 g/mol. The van der Waals surface area contributed by atoms with Crippen molar-refractivity contribution in [2.45, 2.75) is 30.7 Å². The first-order valence-electron chi connectivity index (χ1n) is 4.00. The molecule has 0 saturated carbocycles. The quantitative estimate of drug-likeness (QED) is 0.389. The highest BCUT2D eigenvalue weighted by Gasteiger charge is 2.47. The predicted octanol–water partition coefficient (Wildman–Crippen LogP) is -3.07. The third-order valence-corrected chi connectivity index (χ3v) is 2.09. The zero-order chi connectivity index (χ0) is 10.9. The number of aliphatic hydroxyl groups excluding tert-OH is 3. The molecule has 0 radical (unpaired) electrons. The molecule has 5 atom stereocenters. The van der Waals surface area contributed by atoms with E-state index in [1.807, 2.05) is 0 Å². The SMILES string of the molecule is CO[C@H]1O[C@H]([C@H](O)C(N)=O)[C@H](O)[C@H]1O. The van der Waals surface area contributed by atoms with Crippen LogP contribution >= 0.6 is 0 Å². The van der Waals surface area contributed by atoms with Crippen molar-refractivity contribution in [3.63, 3.8) is 0 Å². The normalized spacial score (nSPS) is 39.7. The minimum atomic E-state index is -1.67. The Kier molecular flexibility index (Phi) is 3.40. The van der Waals surface area contributed by atoms with Crippen LogP contribution in [0.4, 0.5) is 0 Å². The topological polar surface area (TPSA) is 122 Å². The van der Waals surface area contributed by atoms with Crippen molar-refractivity contribution in [2.75, 3.05) is 7.11 Å². The molecule has 1 aliphatic rings. The van der Waals surface area contributed by atoms with Crippen LogP contribution in [0.25, 0.3) is 0 Å². The Hall–Kier alpha value is -0.730. The molecule has 0 aromatic rings. The lowest BCUT2D eigenvalue weighted by atomic mass is 10.1. The van der Waals surface area contributed by atoms with E-state index in [-0.39, 0.29) is 0 Å². The molecule has 1 fully saturated rings. The average molecular weight is 207 g/mol. The number of hydrogen-bond acceptors (Lipinski definition) is 6. The van der Waals surface area contributed by atoms with Crippen molar-refractivity contribution >= 4 is 5.91 Å². The Morgan fingerprint density at radius 1 is 1.50 bits per heavy atom. The Balaban J connectivity index is 2.69. The van der Waals surface area contributed by atoms with Gasteiger partial charge in [-0.05, 0) is 0 Å². The summed E-state index contributed by atoms with van der Waals surface area (Å²) in [5.74, 6) is -1.03. The first-order chi connectivity index (χ1) is 6.49. The summed E-state index contributed by atoms with van der Waals surface area (Å²) in [6.07, 6.45) is -6.70. The van der Waals surface area contributed by atoms with Crippen LogP contribution in [-0.2, 0) is 14.3 Å². The molecule has 0 unspecified atom stereocenters. The maximum atomic E-state index is 10.6. The van der Waals surface area contributed by atoms with Crippen molar-refractivity contribution in [2.24, 2.45) is 5.73 Å². The lowest BCUT2D eigenvalue weighted by Crippen LogP contribution is -2.45. The molecule has 82 valence electrons. The van der Waals surface area contributed by atoms with Gasteiger partial charge in [0.2, 0.25) is 5.91 Å². The Bertz CT molecular complexity index is 222. The van der Waals surface area contributed by atoms with Crippen LogP contribution in [0.3, 0.4) is 0 Å². The standard InChI is InChI=1S/C7H13NO6/c1-13-7-3(10)2(9)5(14-7)4(11)6(8)12/h2-5,7,9-11H,1H3,(H2,8,12)/t2-,3-,4+,5+,7+/m1/s1. The second kappa shape index (κ2) is 4.20. The maximum Gasteiger partial charge on any atom is 0.249 e. The number of aliphatic hydroxyl groups is 3. The fourth-order valence-corrected chi connectivity index (χ4v) is 1.29. The van der Waals surface area contributed by atoms with Crippen LogP contribution in [0.15, 0.2) is 0 Å². The van der Waals surface area contributed by atoms with Gasteiger partial charge in [0.25, 0.3) is 0 Å². The fraction of sp³-hybridized carbons (Fsp3) is 0.857. The summed E-state index contributed by atoms with van der Waals surface area (Å²) < 4.78 is 9.54. The predicted molar refractivity (Wildman–Crippen MR) is 42.9 cm³/mol. The molecule has 7 heteroatoms. The minimum Gasteiger partial charge on any atom is -0.387 e. The minimum absolute atomic E-state index is 1.03. The second-order valence-corrected chi connectivity index (χ2v) is 3.03. The van der Waals surface area contributed by atoms with Crippen molar-refractivity contribution in [3.8, 4) is 0 Å². The summed E-state index contributed by atoms with van der Waals surface area (Å²) in [4.78, 5) is 10.6. The number of methoxy groups -OCH3 is 1. The maximum absolute atomic E-state index is 10.6. The van der Waals surface area contributed by atoms with Crippen LogP contribution in [0.1, 0.15) is 0 Å². The molecule has 0 aromatic carbocycles. The van der Waals surface area contributed by atoms with Gasteiger partial charge in [0.1, 0.15) is 18.3 Å². The number of nitrogens with two attached hydrogens (primary N) is 1. The van der Waals surface area contributed by atoms with Crippen LogP contribution in [0, 0.1) is 0 Å². The van der Waals surface area contributed by atoms with Gasteiger partial charge in [0.15, 0.2) is 12.4 Å². The molecule has 0 aromatic heterocycles. The number of hydrogen-bond donors (Lipinski definition) is 4. The van der Waals surface area contributed by atoms with E-state index in [0.29, 0.717) is 0 Å². The summed E-state index contributed by atoms with van der Waals surface area (Å²) in [5.41, 5.74) is 4.81. The fourth-order valence-electron chi connectivity index (χ4n) is 1.29. The highest BCUT2D eigenvalue weighted by molar-refractivity contribution is 5.79. The van der Waals surface area contributed by atoms with E-state index in [4.69, 9.17) is 10.5 Å². The molecule has 0 aliphatic carbocycles. The average Bonchev–Trinajstić information content (AvgIpc) is 2.43. The number of rotatable bonds is 3. The molecule has 1 saturated heterocycles. The van der Waals surface area contributed by atoms with E-state index >= 15 is 0 Å². The van der Waals surface area contributed by atoms with Gasteiger partial charge >= 0.3 is 0 Å². The van der Waals surface area contributed by atoms with Crippen molar-refractivity contribution in [1.82, 2.24) is 0 Å². The summed E-state index contributed by atoms with van der Waals surface area (Å²) >= 11 is 0. The molecule has 5 N–H and O–H groups in total. The van der Waals surface area contributed by atoms with E-state index in [1.165, 1.54) is 7.11 Å². The Morgan fingerprint density at radius 3 is 2.43 bits per heavy atom. The second-order valence-electron chi connectivity index (χ2n) is 3.03. The summed E-state index contributed by atoms with van der Waals surface area (Å²) in [5, 5.41) is 27.9. The third-order valence-electron chi connectivity index (χ3n) is 2.09. The lowest BCUT2D eigenvalue weighted by molar-refractivity contribution is -0.168. The highest BCUT2D eigenvalue weighted by Crippen LogP contribution is 2.23. The largest absolute Gasteiger partial charge is 0.387 e. The number of amides is 1. The van der Waals surface area contributed by atoms with E-state index in [1.54, 1.807) is 0 Å². The Morgan fingerprint density at radius 2 is 2.07 bits per heavy atom. The summed E-state index contributed by atoms with van der Waals surface area (Å²) in [6.45, 7) is 0. The van der Waals surface area contributed by atoms with E-state index < -0.39 is 36.6 Å². The molecule has 1 rings (SSSR count). The van der Waals surface area contributed by atoms with Gasteiger partial charge in [-0.25, -0.2) is 0 Å². The third kappa shape index (κ3) is 1.86. The van der Waals surface area contributed by atoms with E-state index in [2.05, 4.69) is 4.74 Å². The zero-order valence-corrected chi connectivity index (χ0v) is 7.53. The van der Waals surface area contributed by atoms with Gasteiger partial charge in [-0.3, -0.25) is 4.79 Å². The van der Waals surface area contributed by atoms with E-state index in [0.717, 1.165) is 0 Å². The summed E-state index contributed by atoms with van der Waals surface area (Å²) in [7, 11) is 1.26. The van der Waals surface area contributed by atoms with Crippen LogP contribution in [0.5, 0.6) is 0 Å². The molecular weight excluding hydrogens is 194 g/mol. The molecule has 1 amide bonds. The highest BCUT2D eigenvalue weighted by atomic mass is 16.7. The van der Waals surface area contributed by atoms with Gasteiger partial charge in [0, 0.05) is 7.11 Å². The Labute approximate surface area is 80.0 Å². The van der Waals surface area contributed by atoms with Crippen LogP contribution in [0.2, 0.25) is 0 Å². The molecule has 0 spiro atoms. The summed E-state index contributed by atoms with van der Waals surface area (Å²) in [6, 6.07) is 0. The van der Waals surface area contributed by atoms with Crippen molar-refractivity contribution in [1.29, 1.82) is 0 Å². The zero-order valence-electron chi connectivity index (χ0n) is 7.53. The van der Waals surface area contributed by atoms with Crippen LogP contribution in [-0.4, -0.2) is 59.0 Å². The molecule has 0 bridgehead atoms. The molecule has 14 heavy (non-hydrogen) atoms. The smallest absolute Gasteiger partial charge is 0.249 e. The van der Waals surface area contributed by atoms with E-state index in [9.17, 15) is 20.1 Å². The van der Waals surface area contributed by atoms with Gasteiger partial charge in [0.05, 0.1) is 0 Å². The molecule has 1 heterocycles. The number of carbonyl (C=O) groups excluding carboxylic acids is 1. The van der Waals surface area contributed by atoms with Crippen LogP contribution < -0.4 is 5.73 Å². The van der Waals surface area contributed by atoms with Crippen molar-refractivity contribution < 1.29 is 29.6 Å². The van der Waals surface area contributed by atoms with Gasteiger partial charge < -0.3 is 30.5 Å². The van der Waals surface area contributed by atoms with Gasteiger partial charge in [-0.15, -0.1) is 0 Å². The molecule has 1 aliphatic heterocycles. The molecular formula is C7H13NO6. The lowest BCUT2D eigenvalue weighted by Gasteiger charge is -2.17. The first kappa shape index (κ1) is 11.3. The molecule has 7 nitrogen and oxygen atoms in total.